The highest BCUT2D eigenvalue weighted by atomic mass is 16.7. The third kappa shape index (κ3) is 5.37. The second-order valence-corrected chi connectivity index (χ2v) is 16.8. The SMILES string of the molecule is CC1(C)c2ccccc2-c2ccc(N(c3ccc(-c4ccccc4)cc3)c3ccc(-c4c(B5OC(C)(C)C(C)(C)O5)ccc5oc6ccccc6c45)cc3)cc21. The van der Waals surface area contributed by atoms with E-state index < -0.39 is 18.3 Å². The van der Waals surface area contributed by atoms with Gasteiger partial charge >= 0.3 is 7.12 Å². The van der Waals surface area contributed by atoms with Gasteiger partial charge in [-0.05, 0) is 126 Å². The standard InChI is InChI=1S/C51H44BNO3/c1-49(2)42-18-12-10-16-39(42)40-29-28-38(32-43(40)49)53(36-24-20-34(21-25-36)33-14-8-7-9-15-33)37-26-22-35(23-27-37)47-44(52-55-50(3,4)51(5,6)56-52)30-31-46-48(47)41-17-11-13-19-45(41)54-46/h7-32H,1-6H3. The van der Waals surface area contributed by atoms with Gasteiger partial charge < -0.3 is 18.6 Å². The van der Waals surface area contributed by atoms with Crippen molar-refractivity contribution < 1.29 is 13.7 Å². The van der Waals surface area contributed by atoms with Crippen LogP contribution < -0.4 is 10.4 Å². The van der Waals surface area contributed by atoms with Crippen LogP contribution in [-0.2, 0) is 14.7 Å². The molecule has 1 aliphatic carbocycles. The Balaban J connectivity index is 1.12. The summed E-state index contributed by atoms with van der Waals surface area (Å²) in [5.74, 6) is 0. The Morgan fingerprint density at radius 3 is 1.75 bits per heavy atom. The molecule has 2 heterocycles. The molecule has 0 N–H and O–H groups in total. The van der Waals surface area contributed by atoms with Gasteiger partial charge in [0.2, 0.25) is 0 Å². The molecule has 10 rings (SSSR count). The van der Waals surface area contributed by atoms with Crippen molar-refractivity contribution in [1.29, 1.82) is 0 Å². The summed E-state index contributed by atoms with van der Waals surface area (Å²) in [4.78, 5) is 2.38. The van der Waals surface area contributed by atoms with Crippen LogP contribution in [-0.4, -0.2) is 18.3 Å². The average molecular weight is 730 g/mol. The fraction of sp³-hybridized carbons (Fsp3) is 0.176. The smallest absolute Gasteiger partial charge is 0.456 e. The highest BCUT2D eigenvalue weighted by Gasteiger charge is 2.52. The normalized spacial score (nSPS) is 16.3. The minimum Gasteiger partial charge on any atom is -0.456 e. The van der Waals surface area contributed by atoms with Gasteiger partial charge in [-0.3, -0.25) is 0 Å². The van der Waals surface area contributed by atoms with E-state index in [0.717, 1.165) is 55.6 Å². The van der Waals surface area contributed by atoms with Gasteiger partial charge in [-0.15, -0.1) is 0 Å². The van der Waals surface area contributed by atoms with Crippen molar-refractivity contribution in [2.45, 2.75) is 58.2 Å². The minimum absolute atomic E-state index is 0.120. The molecular weight excluding hydrogens is 685 g/mol. The number of benzene rings is 7. The van der Waals surface area contributed by atoms with E-state index in [-0.39, 0.29) is 5.41 Å². The molecule has 4 nitrogen and oxygen atoms in total. The Kier molecular flexibility index (Phi) is 7.77. The van der Waals surface area contributed by atoms with Crippen molar-refractivity contribution in [3.63, 3.8) is 0 Å². The first-order valence-corrected chi connectivity index (χ1v) is 19.6. The van der Waals surface area contributed by atoms with E-state index in [0.29, 0.717) is 0 Å². The van der Waals surface area contributed by atoms with Crippen molar-refractivity contribution >= 4 is 51.6 Å². The van der Waals surface area contributed by atoms with Crippen LogP contribution >= 0.6 is 0 Å². The number of fused-ring (bicyclic) bond motifs is 6. The summed E-state index contributed by atoms with van der Waals surface area (Å²) in [5, 5.41) is 2.14. The van der Waals surface area contributed by atoms with Gasteiger partial charge in [-0.25, -0.2) is 0 Å². The highest BCUT2D eigenvalue weighted by Crippen LogP contribution is 2.51. The fourth-order valence-electron chi connectivity index (χ4n) is 8.80. The van der Waals surface area contributed by atoms with Crippen molar-refractivity contribution in [2.24, 2.45) is 0 Å². The maximum Gasteiger partial charge on any atom is 0.495 e. The van der Waals surface area contributed by atoms with E-state index >= 15 is 0 Å². The third-order valence-corrected chi connectivity index (χ3v) is 12.6. The van der Waals surface area contributed by atoms with Gasteiger partial charge in [0.05, 0.1) is 11.2 Å². The van der Waals surface area contributed by atoms with E-state index in [4.69, 9.17) is 13.7 Å². The largest absolute Gasteiger partial charge is 0.495 e. The average Bonchev–Trinajstić information content (AvgIpc) is 3.78. The molecule has 0 radical (unpaired) electrons. The van der Waals surface area contributed by atoms with Crippen LogP contribution in [0.3, 0.4) is 0 Å². The van der Waals surface area contributed by atoms with E-state index in [1.165, 1.54) is 33.4 Å². The van der Waals surface area contributed by atoms with Gasteiger partial charge in [0, 0.05) is 33.2 Å². The molecule has 1 saturated heterocycles. The van der Waals surface area contributed by atoms with E-state index in [2.05, 4.69) is 192 Å². The maximum absolute atomic E-state index is 6.68. The van der Waals surface area contributed by atoms with Crippen LogP contribution in [0, 0.1) is 0 Å². The number of hydrogen-bond acceptors (Lipinski definition) is 4. The fourth-order valence-corrected chi connectivity index (χ4v) is 8.80. The lowest BCUT2D eigenvalue weighted by Crippen LogP contribution is -2.41. The lowest BCUT2D eigenvalue weighted by molar-refractivity contribution is 0.00578. The van der Waals surface area contributed by atoms with E-state index in [1.54, 1.807) is 0 Å². The number of rotatable bonds is 6. The topological polar surface area (TPSA) is 34.8 Å². The Hall–Kier alpha value is -5.88. The molecule has 0 atom stereocenters. The molecule has 1 aliphatic heterocycles. The first kappa shape index (κ1) is 34.6. The zero-order valence-corrected chi connectivity index (χ0v) is 32.8. The number of para-hydroxylation sites is 1. The molecule has 7 aromatic carbocycles. The van der Waals surface area contributed by atoms with Crippen molar-refractivity contribution in [3.8, 4) is 33.4 Å². The number of hydrogen-bond donors (Lipinski definition) is 0. The molecule has 0 spiro atoms. The highest BCUT2D eigenvalue weighted by molar-refractivity contribution is 6.64. The van der Waals surface area contributed by atoms with Crippen LogP contribution in [0.4, 0.5) is 17.1 Å². The predicted octanol–water partition coefficient (Wildman–Crippen LogP) is 13.0. The number of nitrogens with zero attached hydrogens (tertiary/aromatic N) is 1. The monoisotopic (exact) mass is 729 g/mol. The Bertz CT molecular complexity index is 2760. The van der Waals surface area contributed by atoms with Crippen LogP contribution in [0.1, 0.15) is 52.7 Å². The van der Waals surface area contributed by atoms with E-state index in [9.17, 15) is 0 Å². The van der Waals surface area contributed by atoms with Gasteiger partial charge in [0.15, 0.2) is 0 Å². The summed E-state index contributed by atoms with van der Waals surface area (Å²) in [6, 6.07) is 56.7. The predicted molar refractivity (Wildman–Crippen MR) is 233 cm³/mol. The molecule has 0 unspecified atom stereocenters. The van der Waals surface area contributed by atoms with Crippen molar-refractivity contribution in [3.05, 3.63) is 169 Å². The lowest BCUT2D eigenvalue weighted by atomic mass is 9.73. The Morgan fingerprint density at radius 1 is 0.464 bits per heavy atom. The molecule has 2 aliphatic rings. The van der Waals surface area contributed by atoms with Gasteiger partial charge in [0.25, 0.3) is 0 Å². The molecule has 1 aromatic heterocycles. The summed E-state index contributed by atoms with van der Waals surface area (Å²) in [6.07, 6.45) is 0. The quantitative estimate of drug-likeness (QED) is 0.160. The molecule has 56 heavy (non-hydrogen) atoms. The molecule has 274 valence electrons. The third-order valence-electron chi connectivity index (χ3n) is 12.6. The second kappa shape index (κ2) is 12.6. The molecule has 5 heteroatoms. The first-order chi connectivity index (χ1) is 27.0. The van der Waals surface area contributed by atoms with Crippen LogP contribution in [0.5, 0.6) is 0 Å². The maximum atomic E-state index is 6.68. The second-order valence-electron chi connectivity index (χ2n) is 16.8. The minimum atomic E-state index is -0.536. The van der Waals surface area contributed by atoms with Crippen molar-refractivity contribution in [2.75, 3.05) is 4.90 Å². The first-order valence-electron chi connectivity index (χ1n) is 19.6. The summed E-state index contributed by atoms with van der Waals surface area (Å²) in [7, 11) is -0.536. The van der Waals surface area contributed by atoms with Gasteiger partial charge in [-0.1, -0.05) is 123 Å². The Morgan fingerprint density at radius 2 is 1.04 bits per heavy atom. The summed E-state index contributed by atoms with van der Waals surface area (Å²) < 4.78 is 19.8. The van der Waals surface area contributed by atoms with Crippen LogP contribution in [0.2, 0.25) is 0 Å². The zero-order valence-electron chi connectivity index (χ0n) is 32.8. The van der Waals surface area contributed by atoms with Crippen molar-refractivity contribution in [1.82, 2.24) is 0 Å². The molecule has 0 saturated carbocycles. The van der Waals surface area contributed by atoms with Gasteiger partial charge in [0.1, 0.15) is 11.2 Å². The summed E-state index contributed by atoms with van der Waals surface area (Å²) >= 11 is 0. The molecule has 0 amide bonds. The number of furan rings is 1. The lowest BCUT2D eigenvalue weighted by Gasteiger charge is -2.32. The summed E-state index contributed by atoms with van der Waals surface area (Å²) in [5.41, 5.74) is 14.7. The molecule has 1 fully saturated rings. The zero-order chi connectivity index (χ0) is 38.4. The summed E-state index contributed by atoms with van der Waals surface area (Å²) in [6.45, 7) is 13.1. The Labute approximate surface area is 329 Å². The van der Waals surface area contributed by atoms with Crippen LogP contribution in [0.25, 0.3) is 55.3 Å². The van der Waals surface area contributed by atoms with Crippen LogP contribution in [0.15, 0.2) is 162 Å². The molecule has 8 aromatic rings. The van der Waals surface area contributed by atoms with E-state index in [1.807, 2.05) is 12.1 Å². The molecular formula is C51H44BNO3. The number of anilines is 3. The van der Waals surface area contributed by atoms with Gasteiger partial charge in [-0.2, -0.15) is 0 Å². The molecule has 0 bridgehead atoms.